The molecule has 0 aliphatic carbocycles. The number of nitrogens with one attached hydrogen (secondary N) is 2. The Kier molecular flexibility index (Phi) is 5.10. The van der Waals surface area contributed by atoms with Crippen LogP contribution in [0.25, 0.3) is 0 Å². The van der Waals surface area contributed by atoms with Crippen molar-refractivity contribution in [1.29, 1.82) is 0 Å². The summed E-state index contributed by atoms with van der Waals surface area (Å²) in [5.74, 6) is 0. The molecule has 0 aromatic carbocycles. The molecule has 0 bridgehead atoms. The third-order valence-electron chi connectivity index (χ3n) is 2.55. The Hall–Kier alpha value is -0.920. The maximum Gasteiger partial charge on any atom is 0.260 e. The van der Waals surface area contributed by atoms with E-state index in [-0.39, 0.29) is 5.03 Å². The number of aromatic nitrogens is 2. The van der Waals surface area contributed by atoms with Crippen molar-refractivity contribution < 1.29 is 8.42 Å². The van der Waals surface area contributed by atoms with Gasteiger partial charge in [-0.1, -0.05) is 20.8 Å². The Morgan fingerprint density at radius 1 is 1.35 bits per heavy atom. The second-order valence-electron chi connectivity index (χ2n) is 3.59. The first-order valence-corrected chi connectivity index (χ1v) is 7.25. The number of rotatable bonds is 7. The normalized spacial score (nSPS) is 12.2. The summed E-state index contributed by atoms with van der Waals surface area (Å²) in [5.41, 5.74) is 0.679. The molecule has 0 saturated carbocycles. The predicted molar refractivity (Wildman–Crippen MR) is 66.1 cm³/mol. The maximum atomic E-state index is 12.3. The molecule has 98 valence electrons. The van der Waals surface area contributed by atoms with Gasteiger partial charge in [0.25, 0.3) is 10.0 Å². The summed E-state index contributed by atoms with van der Waals surface area (Å²) in [5, 5.41) is 9.70. The topological polar surface area (TPSA) is 78.1 Å². The Morgan fingerprint density at radius 2 is 2.00 bits per heavy atom. The first kappa shape index (κ1) is 14.1. The van der Waals surface area contributed by atoms with E-state index in [0.29, 0.717) is 25.2 Å². The molecule has 0 aliphatic heterocycles. The molecular weight excluding hydrogens is 240 g/mol. The minimum Gasteiger partial charge on any atom is -0.313 e. The lowest BCUT2D eigenvalue weighted by atomic mass is 10.3. The van der Waals surface area contributed by atoms with E-state index in [1.807, 2.05) is 20.8 Å². The number of H-pyrrole nitrogens is 1. The fourth-order valence-electron chi connectivity index (χ4n) is 1.60. The minimum atomic E-state index is -3.44. The molecule has 6 nitrogen and oxygen atoms in total. The van der Waals surface area contributed by atoms with Crippen molar-refractivity contribution in [3.8, 4) is 0 Å². The summed E-state index contributed by atoms with van der Waals surface area (Å²) in [6.07, 6.45) is 1.55. The van der Waals surface area contributed by atoms with Crippen LogP contribution in [0.3, 0.4) is 0 Å². The van der Waals surface area contributed by atoms with E-state index in [9.17, 15) is 8.42 Å². The van der Waals surface area contributed by atoms with Crippen LogP contribution in [0.15, 0.2) is 11.2 Å². The largest absolute Gasteiger partial charge is 0.313 e. The average molecular weight is 260 g/mol. The molecule has 0 saturated heterocycles. The van der Waals surface area contributed by atoms with Gasteiger partial charge < -0.3 is 5.32 Å². The van der Waals surface area contributed by atoms with Gasteiger partial charge in [-0.15, -0.1) is 0 Å². The van der Waals surface area contributed by atoms with Crippen LogP contribution in [0, 0.1) is 0 Å². The molecule has 7 heteroatoms. The van der Waals surface area contributed by atoms with Gasteiger partial charge in [-0.3, -0.25) is 5.10 Å². The lowest BCUT2D eigenvalue weighted by Crippen LogP contribution is -2.31. The Bertz CT molecular complexity index is 437. The van der Waals surface area contributed by atoms with E-state index in [4.69, 9.17) is 0 Å². The van der Waals surface area contributed by atoms with Crippen LogP contribution in [0.2, 0.25) is 0 Å². The number of sulfonamides is 1. The van der Waals surface area contributed by atoms with Gasteiger partial charge >= 0.3 is 0 Å². The molecule has 0 spiro atoms. The zero-order chi connectivity index (χ0) is 12.9. The van der Waals surface area contributed by atoms with Crippen molar-refractivity contribution in [3.63, 3.8) is 0 Å². The summed E-state index contributed by atoms with van der Waals surface area (Å²) >= 11 is 0. The highest BCUT2D eigenvalue weighted by molar-refractivity contribution is 7.89. The van der Waals surface area contributed by atoms with Crippen molar-refractivity contribution in [1.82, 2.24) is 19.8 Å². The van der Waals surface area contributed by atoms with Gasteiger partial charge in [-0.05, 0) is 6.54 Å². The molecule has 0 fully saturated rings. The molecule has 17 heavy (non-hydrogen) atoms. The van der Waals surface area contributed by atoms with Crippen LogP contribution in [0.5, 0.6) is 0 Å². The van der Waals surface area contributed by atoms with Crippen LogP contribution < -0.4 is 5.32 Å². The van der Waals surface area contributed by atoms with Gasteiger partial charge in [0.2, 0.25) is 0 Å². The number of aromatic amines is 1. The molecule has 1 aromatic heterocycles. The average Bonchev–Trinajstić information content (AvgIpc) is 2.76. The van der Waals surface area contributed by atoms with E-state index < -0.39 is 10.0 Å². The van der Waals surface area contributed by atoms with Crippen molar-refractivity contribution >= 4 is 10.0 Å². The van der Waals surface area contributed by atoms with Crippen molar-refractivity contribution in [3.05, 3.63) is 11.8 Å². The second-order valence-corrected chi connectivity index (χ2v) is 5.47. The third kappa shape index (κ3) is 3.05. The minimum absolute atomic E-state index is 0.196. The summed E-state index contributed by atoms with van der Waals surface area (Å²) in [6.45, 7) is 7.82. The highest BCUT2D eigenvalue weighted by Gasteiger charge is 2.26. The monoisotopic (exact) mass is 260 g/mol. The van der Waals surface area contributed by atoms with Crippen LogP contribution in [-0.2, 0) is 16.6 Å². The molecule has 1 aromatic rings. The lowest BCUT2D eigenvalue weighted by Gasteiger charge is -2.18. The number of hydrogen-bond acceptors (Lipinski definition) is 4. The van der Waals surface area contributed by atoms with Gasteiger partial charge in [0, 0.05) is 25.2 Å². The highest BCUT2D eigenvalue weighted by Crippen LogP contribution is 2.16. The Labute approximate surface area is 102 Å². The Morgan fingerprint density at radius 3 is 2.53 bits per heavy atom. The summed E-state index contributed by atoms with van der Waals surface area (Å²) in [6, 6.07) is 0. The molecule has 0 aliphatic rings. The third-order valence-corrected chi connectivity index (χ3v) is 4.61. The Balaban J connectivity index is 3.02. The maximum absolute atomic E-state index is 12.3. The lowest BCUT2D eigenvalue weighted by molar-refractivity contribution is 0.441. The first-order chi connectivity index (χ1) is 8.07. The summed E-state index contributed by atoms with van der Waals surface area (Å²) in [4.78, 5) is 0. The van der Waals surface area contributed by atoms with Gasteiger partial charge in [0.1, 0.15) is 0 Å². The summed E-state index contributed by atoms with van der Waals surface area (Å²) < 4.78 is 25.9. The molecule has 1 heterocycles. The predicted octanol–water partition coefficient (Wildman–Crippen LogP) is 0.550. The van der Waals surface area contributed by atoms with Crippen molar-refractivity contribution in [2.24, 2.45) is 0 Å². The zero-order valence-electron chi connectivity index (χ0n) is 10.5. The fourth-order valence-corrected chi connectivity index (χ4v) is 3.16. The van der Waals surface area contributed by atoms with Gasteiger partial charge in [-0.2, -0.15) is 9.40 Å². The van der Waals surface area contributed by atoms with Crippen molar-refractivity contribution in [2.75, 3.05) is 19.6 Å². The van der Waals surface area contributed by atoms with E-state index in [1.54, 1.807) is 6.20 Å². The fraction of sp³-hybridized carbons (Fsp3) is 0.700. The zero-order valence-corrected chi connectivity index (χ0v) is 11.3. The van der Waals surface area contributed by atoms with Crippen LogP contribution >= 0.6 is 0 Å². The standard InChI is InChI=1S/C10H20N4O2S/c1-4-11-7-9-8-12-13-10(9)17(15,16)14(5-2)6-3/h8,11H,4-7H2,1-3H3,(H,12,13). The van der Waals surface area contributed by atoms with E-state index in [0.717, 1.165) is 6.54 Å². The molecule has 0 amide bonds. The second kappa shape index (κ2) is 6.13. The van der Waals surface area contributed by atoms with Gasteiger partial charge in [0.15, 0.2) is 5.03 Å². The van der Waals surface area contributed by atoms with Gasteiger partial charge in [-0.25, -0.2) is 8.42 Å². The molecular formula is C10H20N4O2S. The van der Waals surface area contributed by atoms with Crippen LogP contribution in [0.1, 0.15) is 26.3 Å². The number of nitrogens with zero attached hydrogens (tertiary/aromatic N) is 2. The SMILES string of the molecule is CCNCc1cn[nH]c1S(=O)(=O)N(CC)CC. The van der Waals surface area contributed by atoms with Crippen LogP contribution in [-0.4, -0.2) is 42.6 Å². The number of hydrogen-bond donors (Lipinski definition) is 2. The smallest absolute Gasteiger partial charge is 0.260 e. The molecule has 0 atom stereocenters. The highest BCUT2D eigenvalue weighted by atomic mass is 32.2. The molecule has 1 rings (SSSR count). The van der Waals surface area contributed by atoms with E-state index >= 15 is 0 Å². The molecule has 0 radical (unpaired) electrons. The van der Waals surface area contributed by atoms with Crippen molar-refractivity contribution in [2.45, 2.75) is 32.3 Å². The van der Waals surface area contributed by atoms with E-state index in [2.05, 4.69) is 15.5 Å². The van der Waals surface area contributed by atoms with E-state index in [1.165, 1.54) is 4.31 Å². The summed E-state index contributed by atoms with van der Waals surface area (Å²) in [7, 11) is -3.44. The quantitative estimate of drug-likeness (QED) is 0.750. The van der Waals surface area contributed by atoms with Gasteiger partial charge in [0.05, 0.1) is 6.20 Å². The van der Waals surface area contributed by atoms with Crippen LogP contribution in [0.4, 0.5) is 0 Å². The molecule has 0 unspecified atom stereocenters. The molecule has 2 N–H and O–H groups in total. The first-order valence-electron chi connectivity index (χ1n) is 5.80.